The minimum absolute atomic E-state index is 0.0747. The van der Waals surface area contributed by atoms with Crippen LogP contribution in [0.2, 0.25) is 5.02 Å². The van der Waals surface area contributed by atoms with Gasteiger partial charge in [-0.05, 0) is 42.1 Å². The topological polar surface area (TPSA) is 60.9 Å². The number of nitrogens with two attached hydrogens (primary N) is 1. The first-order valence-corrected chi connectivity index (χ1v) is 9.20. The zero-order valence-electron chi connectivity index (χ0n) is 15.4. The lowest BCUT2D eigenvalue weighted by atomic mass is 9.86. The molecule has 0 unspecified atom stereocenters. The molecule has 0 saturated heterocycles. The molecule has 3 aromatic rings. The maximum atomic E-state index is 13.0. The molecule has 0 saturated carbocycles. The average Bonchev–Trinajstić information content (AvgIpc) is 2.61. The molecule has 0 aliphatic rings. The molecule has 2 aromatic carbocycles. The van der Waals surface area contributed by atoms with E-state index in [0.717, 1.165) is 5.56 Å². The third-order valence-corrected chi connectivity index (χ3v) is 4.75. The molecular formula is C21H24ClN3O. The van der Waals surface area contributed by atoms with Crippen LogP contribution < -0.4 is 11.3 Å². The second-order valence-electron chi connectivity index (χ2n) is 7.52. The number of benzene rings is 2. The van der Waals surface area contributed by atoms with Gasteiger partial charge in [0.2, 0.25) is 0 Å². The van der Waals surface area contributed by atoms with Crippen molar-refractivity contribution in [2.24, 2.45) is 5.73 Å². The third-order valence-electron chi connectivity index (χ3n) is 4.51. The van der Waals surface area contributed by atoms with Gasteiger partial charge in [0.05, 0.1) is 10.9 Å². The summed E-state index contributed by atoms with van der Waals surface area (Å²) < 4.78 is 1.71. The fourth-order valence-electron chi connectivity index (χ4n) is 2.99. The van der Waals surface area contributed by atoms with E-state index >= 15 is 0 Å². The summed E-state index contributed by atoms with van der Waals surface area (Å²) in [4.78, 5) is 17.8. The Balaban J connectivity index is 2.20. The fourth-order valence-corrected chi connectivity index (χ4v) is 3.16. The lowest BCUT2D eigenvalue weighted by Gasteiger charge is -2.19. The predicted octanol–water partition coefficient (Wildman–Crippen LogP) is 4.36. The van der Waals surface area contributed by atoms with E-state index in [1.807, 2.05) is 12.1 Å². The first kappa shape index (κ1) is 18.6. The Morgan fingerprint density at radius 2 is 1.81 bits per heavy atom. The Hall–Kier alpha value is -2.17. The molecule has 4 nitrogen and oxygen atoms in total. The zero-order chi connectivity index (χ0) is 18.9. The van der Waals surface area contributed by atoms with E-state index in [1.165, 1.54) is 5.56 Å². The molecule has 0 amide bonds. The quantitative estimate of drug-likeness (QED) is 0.743. The van der Waals surface area contributed by atoms with Gasteiger partial charge in [0.15, 0.2) is 0 Å². The molecule has 0 aliphatic heterocycles. The summed E-state index contributed by atoms with van der Waals surface area (Å²) in [6.07, 6.45) is 0.709. The van der Waals surface area contributed by atoms with Crippen LogP contribution >= 0.6 is 11.6 Å². The van der Waals surface area contributed by atoms with Crippen molar-refractivity contribution in [3.8, 4) is 11.4 Å². The maximum absolute atomic E-state index is 13.0. The molecule has 2 N–H and O–H groups in total. The van der Waals surface area contributed by atoms with E-state index < -0.39 is 0 Å². The number of aromatic nitrogens is 2. The highest BCUT2D eigenvalue weighted by Crippen LogP contribution is 2.26. The summed E-state index contributed by atoms with van der Waals surface area (Å²) in [6, 6.07) is 13.5. The second kappa shape index (κ2) is 7.22. The SMILES string of the molecule is CC(C)(C)c1ccc(-c2nc3ccc(Cl)cc3c(=O)n2CCCN)cc1. The largest absolute Gasteiger partial charge is 0.330 e. The summed E-state index contributed by atoms with van der Waals surface area (Å²) in [5.41, 5.74) is 8.47. The lowest BCUT2D eigenvalue weighted by Crippen LogP contribution is -2.24. The molecular weight excluding hydrogens is 346 g/mol. The van der Waals surface area contributed by atoms with E-state index in [1.54, 1.807) is 22.8 Å². The van der Waals surface area contributed by atoms with Crippen molar-refractivity contribution >= 4 is 22.5 Å². The van der Waals surface area contributed by atoms with Gasteiger partial charge in [-0.25, -0.2) is 4.98 Å². The van der Waals surface area contributed by atoms with Crippen molar-refractivity contribution in [2.45, 2.75) is 39.2 Å². The van der Waals surface area contributed by atoms with Crippen LogP contribution in [-0.2, 0) is 12.0 Å². The van der Waals surface area contributed by atoms with Gasteiger partial charge in [0.25, 0.3) is 5.56 Å². The Morgan fingerprint density at radius 1 is 1.12 bits per heavy atom. The number of rotatable bonds is 4. The van der Waals surface area contributed by atoms with Crippen LogP contribution in [0.4, 0.5) is 0 Å². The van der Waals surface area contributed by atoms with Crippen LogP contribution in [0.5, 0.6) is 0 Å². The lowest BCUT2D eigenvalue weighted by molar-refractivity contribution is 0.590. The summed E-state index contributed by atoms with van der Waals surface area (Å²) in [5.74, 6) is 0.665. The smallest absolute Gasteiger partial charge is 0.261 e. The first-order chi connectivity index (χ1) is 12.3. The summed E-state index contributed by atoms with van der Waals surface area (Å²) >= 11 is 6.07. The van der Waals surface area contributed by atoms with Crippen LogP contribution in [0.25, 0.3) is 22.3 Å². The van der Waals surface area contributed by atoms with Crippen LogP contribution in [0.3, 0.4) is 0 Å². The van der Waals surface area contributed by atoms with Gasteiger partial charge in [0, 0.05) is 17.1 Å². The monoisotopic (exact) mass is 369 g/mol. The highest BCUT2D eigenvalue weighted by Gasteiger charge is 2.16. The van der Waals surface area contributed by atoms with Gasteiger partial charge >= 0.3 is 0 Å². The molecule has 1 aromatic heterocycles. The van der Waals surface area contributed by atoms with Gasteiger partial charge in [-0.15, -0.1) is 0 Å². The first-order valence-electron chi connectivity index (χ1n) is 8.82. The molecule has 0 radical (unpaired) electrons. The number of halogens is 1. The maximum Gasteiger partial charge on any atom is 0.261 e. The Kier molecular flexibility index (Phi) is 5.17. The molecule has 0 fully saturated rings. The summed E-state index contributed by atoms with van der Waals surface area (Å²) in [5, 5.41) is 1.06. The standard InChI is InChI=1S/C21H24ClN3O/c1-21(2,3)15-7-5-14(6-8-15)19-24-18-10-9-16(22)13-17(18)20(26)25(19)12-4-11-23/h5-10,13H,4,11-12,23H2,1-3H3. The van der Waals surface area contributed by atoms with Crippen molar-refractivity contribution in [1.29, 1.82) is 0 Å². The van der Waals surface area contributed by atoms with Gasteiger partial charge in [-0.1, -0.05) is 56.6 Å². The number of hydrogen-bond acceptors (Lipinski definition) is 3. The van der Waals surface area contributed by atoms with Crippen molar-refractivity contribution in [3.05, 3.63) is 63.4 Å². The number of hydrogen-bond donors (Lipinski definition) is 1. The molecule has 0 atom stereocenters. The van der Waals surface area contributed by atoms with Crippen LogP contribution in [0.1, 0.15) is 32.8 Å². The number of nitrogens with zero attached hydrogens (tertiary/aromatic N) is 2. The van der Waals surface area contributed by atoms with Crippen LogP contribution in [-0.4, -0.2) is 16.1 Å². The Morgan fingerprint density at radius 3 is 2.42 bits per heavy atom. The molecule has 26 heavy (non-hydrogen) atoms. The molecule has 3 rings (SSSR count). The average molecular weight is 370 g/mol. The molecule has 5 heteroatoms. The zero-order valence-corrected chi connectivity index (χ0v) is 16.2. The van der Waals surface area contributed by atoms with Gasteiger partial charge in [-0.2, -0.15) is 0 Å². The van der Waals surface area contributed by atoms with Crippen molar-refractivity contribution in [2.75, 3.05) is 6.54 Å². The van der Waals surface area contributed by atoms with E-state index in [9.17, 15) is 4.79 Å². The van der Waals surface area contributed by atoms with Crippen LogP contribution in [0.15, 0.2) is 47.3 Å². The van der Waals surface area contributed by atoms with E-state index in [0.29, 0.717) is 41.3 Å². The summed E-state index contributed by atoms with van der Waals surface area (Å²) in [6.45, 7) is 7.58. The highest BCUT2D eigenvalue weighted by atomic mass is 35.5. The fraction of sp³-hybridized carbons (Fsp3) is 0.333. The molecule has 136 valence electrons. The Labute approximate surface area is 158 Å². The number of fused-ring (bicyclic) bond motifs is 1. The van der Waals surface area contributed by atoms with Gasteiger partial charge in [0.1, 0.15) is 5.82 Å². The molecule has 0 bridgehead atoms. The highest BCUT2D eigenvalue weighted by molar-refractivity contribution is 6.31. The van der Waals surface area contributed by atoms with Crippen molar-refractivity contribution in [3.63, 3.8) is 0 Å². The minimum atomic E-state index is -0.0825. The van der Waals surface area contributed by atoms with Crippen LogP contribution in [0, 0.1) is 0 Å². The predicted molar refractivity (Wildman–Crippen MR) is 109 cm³/mol. The van der Waals surface area contributed by atoms with E-state index in [2.05, 4.69) is 32.9 Å². The van der Waals surface area contributed by atoms with E-state index in [-0.39, 0.29) is 11.0 Å². The Bertz CT molecular complexity index is 985. The third kappa shape index (κ3) is 3.67. The van der Waals surface area contributed by atoms with Crippen molar-refractivity contribution < 1.29 is 0 Å². The van der Waals surface area contributed by atoms with Crippen molar-refractivity contribution in [1.82, 2.24) is 9.55 Å². The molecule has 1 heterocycles. The molecule has 0 spiro atoms. The normalized spacial score (nSPS) is 11.9. The molecule has 0 aliphatic carbocycles. The van der Waals surface area contributed by atoms with Gasteiger partial charge < -0.3 is 5.73 Å². The van der Waals surface area contributed by atoms with Gasteiger partial charge in [-0.3, -0.25) is 9.36 Å². The summed E-state index contributed by atoms with van der Waals surface area (Å²) in [7, 11) is 0. The minimum Gasteiger partial charge on any atom is -0.330 e. The van der Waals surface area contributed by atoms with E-state index in [4.69, 9.17) is 22.3 Å². The second-order valence-corrected chi connectivity index (χ2v) is 7.96.